The number of methoxy groups -OCH3 is 1. The minimum atomic E-state index is 0.488. The maximum absolute atomic E-state index is 6.20. The highest BCUT2D eigenvalue weighted by molar-refractivity contribution is 6.32. The number of guanidine groups is 1. The minimum absolute atomic E-state index is 0.488. The van der Waals surface area contributed by atoms with Gasteiger partial charge in [0.05, 0.1) is 25.2 Å². The first kappa shape index (κ1) is 22.0. The van der Waals surface area contributed by atoms with Crippen molar-refractivity contribution in [1.29, 1.82) is 0 Å². The van der Waals surface area contributed by atoms with Crippen molar-refractivity contribution in [3.63, 3.8) is 0 Å². The lowest BCUT2D eigenvalue weighted by Crippen LogP contribution is -2.38. The molecule has 0 aliphatic carbocycles. The van der Waals surface area contributed by atoms with Gasteiger partial charge < -0.3 is 24.7 Å². The van der Waals surface area contributed by atoms with Crippen molar-refractivity contribution in [3.8, 4) is 5.75 Å². The van der Waals surface area contributed by atoms with Crippen LogP contribution in [0.25, 0.3) is 0 Å². The highest BCUT2D eigenvalue weighted by Gasteiger charge is 2.07. The summed E-state index contributed by atoms with van der Waals surface area (Å²) in [5.41, 5.74) is 0.996. The predicted molar refractivity (Wildman–Crippen MR) is 111 cm³/mol. The number of aromatic nitrogens is 3. The summed E-state index contributed by atoms with van der Waals surface area (Å²) in [4.78, 5) is 4.66. The summed E-state index contributed by atoms with van der Waals surface area (Å²) in [5, 5.41) is 15.5. The second-order valence-corrected chi connectivity index (χ2v) is 6.59. The number of rotatable bonds is 10. The van der Waals surface area contributed by atoms with Crippen molar-refractivity contribution >= 4 is 17.6 Å². The maximum Gasteiger partial charge on any atom is 0.191 e. The van der Waals surface area contributed by atoms with Gasteiger partial charge in [-0.2, -0.15) is 0 Å². The third kappa shape index (κ3) is 6.69. The third-order valence-corrected chi connectivity index (χ3v) is 4.49. The first-order chi connectivity index (χ1) is 13.5. The van der Waals surface area contributed by atoms with Gasteiger partial charge in [0.25, 0.3) is 0 Å². The minimum Gasteiger partial charge on any atom is -0.495 e. The molecule has 154 valence electrons. The largest absolute Gasteiger partial charge is 0.495 e. The first-order valence-electron chi connectivity index (χ1n) is 9.32. The van der Waals surface area contributed by atoms with Crippen molar-refractivity contribution in [3.05, 3.63) is 40.4 Å². The average molecular weight is 409 g/mol. The topological polar surface area (TPSA) is 85.6 Å². The van der Waals surface area contributed by atoms with Gasteiger partial charge in [0.2, 0.25) is 0 Å². The molecule has 2 rings (SSSR count). The molecular formula is C19H29ClN6O2. The smallest absolute Gasteiger partial charge is 0.191 e. The van der Waals surface area contributed by atoms with E-state index in [0.29, 0.717) is 36.4 Å². The normalized spacial score (nSPS) is 11.5. The van der Waals surface area contributed by atoms with E-state index in [0.717, 1.165) is 36.8 Å². The van der Waals surface area contributed by atoms with Crippen LogP contribution in [0.5, 0.6) is 5.75 Å². The molecule has 2 aromatic rings. The summed E-state index contributed by atoms with van der Waals surface area (Å²) in [6, 6.07) is 5.66. The van der Waals surface area contributed by atoms with E-state index >= 15 is 0 Å². The molecule has 0 amide bonds. The number of hydrogen-bond donors (Lipinski definition) is 2. The van der Waals surface area contributed by atoms with Crippen molar-refractivity contribution in [2.24, 2.45) is 12.0 Å². The molecule has 0 aliphatic rings. The van der Waals surface area contributed by atoms with Gasteiger partial charge in [-0.25, -0.2) is 4.99 Å². The Kier molecular flexibility index (Phi) is 9.03. The van der Waals surface area contributed by atoms with Crippen molar-refractivity contribution in [2.75, 3.05) is 26.9 Å². The van der Waals surface area contributed by atoms with E-state index in [4.69, 9.17) is 21.1 Å². The van der Waals surface area contributed by atoms with Crippen LogP contribution in [0.15, 0.2) is 23.2 Å². The molecule has 1 aromatic heterocycles. The molecule has 0 saturated carbocycles. The Balaban J connectivity index is 2.00. The van der Waals surface area contributed by atoms with Crippen LogP contribution in [0.3, 0.4) is 0 Å². The average Bonchev–Trinajstić information content (AvgIpc) is 3.01. The monoisotopic (exact) mass is 408 g/mol. The first-order valence-corrected chi connectivity index (χ1v) is 9.70. The number of hydrogen-bond acceptors (Lipinski definition) is 5. The van der Waals surface area contributed by atoms with E-state index < -0.39 is 0 Å². The van der Waals surface area contributed by atoms with Gasteiger partial charge in [-0.05, 0) is 38.0 Å². The molecule has 0 bridgehead atoms. The zero-order valence-corrected chi connectivity index (χ0v) is 17.7. The third-order valence-electron chi connectivity index (χ3n) is 4.19. The van der Waals surface area contributed by atoms with Crippen molar-refractivity contribution in [2.45, 2.75) is 33.4 Å². The molecule has 0 radical (unpaired) electrons. The van der Waals surface area contributed by atoms with Gasteiger partial charge in [0.15, 0.2) is 11.8 Å². The van der Waals surface area contributed by atoms with Gasteiger partial charge in [-0.1, -0.05) is 17.7 Å². The van der Waals surface area contributed by atoms with Crippen LogP contribution in [-0.4, -0.2) is 47.6 Å². The molecule has 0 spiro atoms. The predicted octanol–water partition coefficient (Wildman–Crippen LogP) is 2.45. The molecule has 0 atom stereocenters. The number of ether oxygens (including phenoxy) is 2. The molecule has 8 nitrogen and oxygen atoms in total. The quantitative estimate of drug-likeness (QED) is 0.357. The van der Waals surface area contributed by atoms with Crippen LogP contribution in [0.4, 0.5) is 0 Å². The van der Waals surface area contributed by atoms with E-state index in [-0.39, 0.29) is 0 Å². The molecule has 1 heterocycles. The molecule has 2 N–H and O–H groups in total. The molecule has 1 aromatic carbocycles. The number of benzene rings is 1. The summed E-state index contributed by atoms with van der Waals surface area (Å²) >= 11 is 6.20. The number of aryl methyl sites for hydroxylation is 1. The number of aliphatic imine (C=N–C) groups is 1. The van der Waals surface area contributed by atoms with Crippen LogP contribution in [0, 0.1) is 6.92 Å². The summed E-state index contributed by atoms with van der Waals surface area (Å²) in [6.07, 6.45) is 0.895. The Morgan fingerprint density at radius 3 is 2.75 bits per heavy atom. The van der Waals surface area contributed by atoms with Gasteiger partial charge in [-0.3, -0.25) is 0 Å². The zero-order valence-electron chi connectivity index (χ0n) is 17.0. The molecule has 28 heavy (non-hydrogen) atoms. The maximum atomic E-state index is 6.20. The van der Waals surface area contributed by atoms with Crippen LogP contribution in [0.2, 0.25) is 5.02 Å². The Morgan fingerprint density at radius 2 is 2.11 bits per heavy atom. The van der Waals surface area contributed by atoms with Gasteiger partial charge in [0.1, 0.15) is 11.6 Å². The molecular weight excluding hydrogens is 380 g/mol. The lowest BCUT2D eigenvalue weighted by molar-refractivity contribution is 0.145. The molecule has 0 fully saturated rings. The van der Waals surface area contributed by atoms with E-state index in [2.05, 4.69) is 25.8 Å². The number of halogens is 1. The summed E-state index contributed by atoms with van der Waals surface area (Å²) < 4.78 is 12.5. The van der Waals surface area contributed by atoms with Crippen LogP contribution in [-0.2, 0) is 24.9 Å². The lowest BCUT2D eigenvalue weighted by atomic mass is 10.2. The SMILES string of the molecule is CCOCCCNC(=NCc1ccc(OC)c(Cl)c1)NCc1nnc(C)n1C. The summed E-state index contributed by atoms with van der Waals surface area (Å²) in [6.45, 7) is 7.12. The Hall–Kier alpha value is -2.32. The lowest BCUT2D eigenvalue weighted by Gasteiger charge is -2.13. The Labute approximate surface area is 171 Å². The van der Waals surface area contributed by atoms with E-state index in [1.165, 1.54) is 0 Å². The highest BCUT2D eigenvalue weighted by Crippen LogP contribution is 2.25. The van der Waals surface area contributed by atoms with Gasteiger partial charge in [0, 0.05) is 26.8 Å². The molecule has 0 aliphatic heterocycles. The van der Waals surface area contributed by atoms with E-state index in [1.54, 1.807) is 7.11 Å². The molecule has 9 heteroatoms. The zero-order chi connectivity index (χ0) is 20.4. The molecule has 0 unspecified atom stereocenters. The van der Waals surface area contributed by atoms with Gasteiger partial charge >= 0.3 is 0 Å². The Bertz CT molecular complexity index is 778. The fourth-order valence-corrected chi connectivity index (χ4v) is 2.73. The molecule has 0 saturated heterocycles. The van der Waals surface area contributed by atoms with Crippen molar-refractivity contribution < 1.29 is 9.47 Å². The number of nitrogens with one attached hydrogen (secondary N) is 2. The highest BCUT2D eigenvalue weighted by atomic mass is 35.5. The summed E-state index contributed by atoms with van der Waals surface area (Å²) in [5.74, 6) is 3.06. The van der Waals surface area contributed by atoms with Crippen LogP contribution in [0.1, 0.15) is 30.6 Å². The Morgan fingerprint density at radius 1 is 1.29 bits per heavy atom. The van der Waals surface area contributed by atoms with Crippen LogP contribution < -0.4 is 15.4 Å². The summed E-state index contributed by atoms with van der Waals surface area (Å²) in [7, 11) is 3.54. The van der Waals surface area contributed by atoms with E-state index in [1.807, 2.05) is 43.7 Å². The van der Waals surface area contributed by atoms with Crippen molar-refractivity contribution in [1.82, 2.24) is 25.4 Å². The fraction of sp³-hybridized carbons (Fsp3) is 0.526. The second-order valence-electron chi connectivity index (χ2n) is 6.19. The van der Waals surface area contributed by atoms with Crippen LogP contribution >= 0.6 is 11.6 Å². The second kappa shape index (κ2) is 11.5. The van der Waals surface area contributed by atoms with E-state index in [9.17, 15) is 0 Å². The fourth-order valence-electron chi connectivity index (χ4n) is 2.45. The number of nitrogens with zero attached hydrogens (tertiary/aromatic N) is 4. The standard InChI is InChI=1S/C19H29ClN6O2/c1-5-28-10-6-9-21-19(23-13-18-25-24-14(2)26(18)3)22-12-15-7-8-17(27-4)16(20)11-15/h7-8,11H,5-6,9-10,12-13H2,1-4H3,(H2,21,22,23). The van der Waals surface area contributed by atoms with Gasteiger partial charge in [-0.15, -0.1) is 10.2 Å².